The Morgan fingerprint density at radius 2 is 1.74 bits per heavy atom. The average Bonchev–Trinajstić information content (AvgIpc) is 2.42. The van der Waals surface area contributed by atoms with Crippen molar-refractivity contribution in [2.75, 3.05) is 5.75 Å². The number of hydrogen-bond donors (Lipinski definition) is 0. The molecule has 1 aromatic carbocycles. The third-order valence-electron chi connectivity index (χ3n) is 3.26. The molecule has 0 aliphatic rings. The largest absolute Gasteiger partial charge is 0.460 e. The molecule has 0 spiro atoms. The summed E-state index contributed by atoms with van der Waals surface area (Å²) in [6.45, 7) is 8.83. The molecule has 1 aromatic rings. The summed E-state index contributed by atoms with van der Waals surface area (Å²) in [4.78, 5) is 12.4. The van der Waals surface area contributed by atoms with Crippen LogP contribution in [0.2, 0.25) is 0 Å². The van der Waals surface area contributed by atoms with Crippen molar-refractivity contribution in [1.82, 2.24) is 0 Å². The van der Waals surface area contributed by atoms with Crippen LogP contribution in [0, 0.1) is 23.2 Å². The van der Waals surface area contributed by atoms with Crippen LogP contribution in [0.1, 0.15) is 40.2 Å². The van der Waals surface area contributed by atoms with Gasteiger partial charge in [0.2, 0.25) is 0 Å². The standard InChI is InChI=1S/C17H23NO4S/c1-12(2)15(16(19)22-17(3,4)5)11-23(20,21)14-8-6-13(10-18)7-9-14/h6-9,12,15H,11H2,1-5H3/t15-/m0/s1. The van der Waals surface area contributed by atoms with Gasteiger partial charge in [0.1, 0.15) is 5.60 Å². The lowest BCUT2D eigenvalue weighted by Gasteiger charge is -2.25. The monoisotopic (exact) mass is 337 g/mol. The Morgan fingerprint density at radius 3 is 2.13 bits per heavy atom. The highest BCUT2D eigenvalue weighted by Crippen LogP contribution is 2.23. The zero-order valence-electron chi connectivity index (χ0n) is 14.2. The van der Waals surface area contributed by atoms with Crippen LogP contribution in [-0.4, -0.2) is 25.7 Å². The zero-order valence-corrected chi connectivity index (χ0v) is 15.0. The maximum atomic E-state index is 12.5. The second-order valence-corrected chi connectivity index (χ2v) is 8.84. The van der Waals surface area contributed by atoms with Gasteiger partial charge in [-0.3, -0.25) is 4.79 Å². The molecular weight excluding hydrogens is 314 g/mol. The summed E-state index contributed by atoms with van der Waals surface area (Å²) in [6.07, 6.45) is 0. The highest BCUT2D eigenvalue weighted by Gasteiger charge is 2.32. The third-order valence-corrected chi connectivity index (χ3v) is 5.04. The Balaban J connectivity index is 3.02. The molecule has 0 aromatic heterocycles. The number of ether oxygens (including phenoxy) is 1. The maximum Gasteiger partial charge on any atom is 0.310 e. The highest BCUT2D eigenvalue weighted by molar-refractivity contribution is 7.91. The molecule has 23 heavy (non-hydrogen) atoms. The minimum Gasteiger partial charge on any atom is -0.460 e. The molecule has 0 radical (unpaired) electrons. The van der Waals surface area contributed by atoms with Crippen LogP contribution >= 0.6 is 0 Å². The molecule has 1 rings (SSSR count). The van der Waals surface area contributed by atoms with Gasteiger partial charge in [-0.25, -0.2) is 8.42 Å². The smallest absolute Gasteiger partial charge is 0.310 e. The van der Waals surface area contributed by atoms with Crippen molar-refractivity contribution in [1.29, 1.82) is 5.26 Å². The number of carbonyl (C=O) groups is 1. The van der Waals surface area contributed by atoms with E-state index in [1.54, 1.807) is 34.6 Å². The quantitative estimate of drug-likeness (QED) is 0.771. The Kier molecular flexibility index (Phi) is 5.95. The van der Waals surface area contributed by atoms with E-state index in [0.717, 1.165) is 0 Å². The van der Waals surface area contributed by atoms with Gasteiger partial charge < -0.3 is 4.74 Å². The highest BCUT2D eigenvalue weighted by atomic mass is 32.2. The van der Waals surface area contributed by atoms with Gasteiger partial charge in [0.05, 0.1) is 28.2 Å². The van der Waals surface area contributed by atoms with Gasteiger partial charge in [0, 0.05) is 0 Å². The molecule has 0 fully saturated rings. The molecule has 126 valence electrons. The van der Waals surface area contributed by atoms with Crippen molar-refractivity contribution in [3.05, 3.63) is 29.8 Å². The predicted molar refractivity (Wildman–Crippen MR) is 87.4 cm³/mol. The van der Waals surface area contributed by atoms with Crippen LogP contribution in [0.25, 0.3) is 0 Å². The van der Waals surface area contributed by atoms with Gasteiger partial charge in [-0.1, -0.05) is 13.8 Å². The molecule has 0 aliphatic heterocycles. The van der Waals surface area contributed by atoms with Crippen LogP contribution in [0.3, 0.4) is 0 Å². The van der Waals surface area contributed by atoms with Gasteiger partial charge in [-0.15, -0.1) is 0 Å². The number of nitrogens with zero attached hydrogens (tertiary/aromatic N) is 1. The lowest BCUT2D eigenvalue weighted by atomic mass is 9.98. The SMILES string of the molecule is CC(C)[C@H](CS(=O)(=O)c1ccc(C#N)cc1)C(=O)OC(C)(C)C. The first-order valence-corrected chi connectivity index (χ1v) is 9.07. The first-order chi connectivity index (χ1) is 10.5. The van der Waals surface area contributed by atoms with E-state index in [2.05, 4.69) is 0 Å². The summed E-state index contributed by atoms with van der Waals surface area (Å²) in [7, 11) is -3.64. The van der Waals surface area contributed by atoms with Crippen molar-refractivity contribution >= 4 is 15.8 Å². The molecule has 0 heterocycles. The molecule has 0 unspecified atom stereocenters. The van der Waals surface area contributed by atoms with E-state index >= 15 is 0 Å². The van der Waals surface area contributed by atoms with Crippen molar-refractivity contribution in [2.24, 2.45) is 11.8 Å². The summed E-state index contributed by atoms with van der Waals surface area (Å²) < 4.78 is 30.4. The number of rotatable bonds is 5. The van der Waals surface area contributed by atoms with E-state index in [4.69, 9.17) is 10.00 Å². The van der Waals surface area contributed by atoms with E-state index in [0.29, 0.717) is 5.56 Å². The van der Waals surface area contributed by atoms with Gasteiger partial charge in [0.15, 0.2) is 9.84 Å². The second kappa shape index (κ2) is 7.14. The lowest BCUT2D eigenvalue weighted by molar-refractivity contribution is -0.160. The van der Waals surface area contributed by atoms with Gasteiger partial charge in [-0.05, 0) is 51.0 Å². The molecule has 0 amide bonds. The minimum atomic E-state index is -3.64. The molecular formula is C17H23NO4S. The summed E-state index contributed by atoms with van der Waals surface area (Å²) in [5.41, 5.74) is -0.279. The normalized spacial score (nSPS) is 13.4. The topological polar surface area (TPSA) is 84.2 Å². The van der Waals surface area contributed by atoms with E-state index < -0.39 is 27.3 Å². The number of esters is 1. The molecule has 5 nitrogen and oxygen atoms in total. The number of carbonyl (C=O) groups excluding carboxylic acids is 1. The Hall–Kier alpha value is -1.87. The summed E-state index contributed by atoms with van der Waals surface area (Å²) in [5.74, 6) is -1.73. The maximum absolute atomic E-state index is 12.5. The third kappa shape index (κ3) is 5.68. The number of benzene rings is 1. The minimum absolute atomic E-state index is 0.103. The van der Waals surface area contributed by atoms with Crippen LogP contribution in [0.4, 0.5) is 0 Å². The summed E-state index contributed by atoms with van der Waals surface area (Å²) in [5, 5.41) is 8.77. The molecule has 0 N–H and O–H groups in total. The van der Waals surface area contributed by atoms with Gasteiger partial charge in [-0.2, -0.15) is 5.26 Å². The fraction of sp³-hybridized carbons (Fsp3) is 0.529. The summed E-state index contributed by atoms with van der Waals surface area (Å²) in [6, 6.07) is 7.62. The molecule has 0 saturated heterocycles. The van der Waals surface area contributed by atoms with Crippen LogP contribution in [0.15, 0.2) is 29.2 Å². The summed E-state index contributed by atoms with van der Waals surface area (Å²) >= 11 is 0. The molecule has 0 saturated carbocycles. The van der Waals surface area contributed by atoms with Crippen LogP contribution in [-0.2, 0) is 19.4 Å². The number of hydrogen-bond acceptors (Lipinski definition) is 5. The molecule has 6 heteroatoms. The van der Waals surface area contributed by atoms with Crippen molar-refractivity contribution in [3.8, 4) is 6.07 Å². The first kappa shape index (κ1) is 19.2. The lowest BCUT2D eigenvalue weighted by Crippen LogP contribution is -2.35. The Bertz CT molecular complexity index is 692. The van der Waals surface area contributed by atoms with E-state index in [-0.39, 0.29) is 16.6 Å². The van der Waals surface area contributed by atoms with E-state index in [1.807, 2.05) is 6.07 Å². The number of nitriles is 1. The zero-order chi connectivity index (χ0) is 17.8. The van der Waals surface area contributed by atoms with Crippen molar-refractivity contribution in [2.45, 2.75) is 45.1 Å². The van der Waals surface area contributed by atoms with Crippen LogP contribution in [0.5, 0.6) is 0 Å². The van der Waals surface area contributed by atoms with Crippen LogP contribution < -0.4 is 0 Å². The van der Waals surface area contributed by atoms with Crippen molar-refractivity contribution in [3.63, 3.8) is 0 Å². The Labute approximate surface area is 138 Å². The fourth-order valence-corrected chi connectivity index (χ4v) is 3.72. The average molecular weight is 337 g/mol. The van der Waals surface area contributed by atoms with E-state index in [1.165, 1.54) is 24.3 Å². The van der Waals surface area contributed by atoms with E-state index in [9.17, 15) is 13.2 Å². The van der Waals surface area contributed by atoms with Gasteiger partial charge >= 0.3 is 5.97 Å². The molecule has 0 bridgehead atoms. The predicted octanol–water partition coefficient (Wildman–Crippen LogP) is 2.95. The molecule has 0 aliphatic carbocycles. The molecule has 1 atom stereocenters. The second-order valence-electron chi connectivity index (χ2n) is 6.80. The number of sulfone groups is 1. The van der Waals surface area contributed by atoms with Gasteiger partial charge in [0.25, 0.3) is 0 Å². The Morgan fingerprint density at radius 1 is 1.22 bits per heavy atom. The first-order valence-electron chi connectivity index (χ1n) is 7.42. The fourth-order valence-electron chi connectivity index (χ4n) is 1.98. The van der Waals surface area contributed by atoms with Crippen molar-refractivity contribution < 1.29 is 17.9 Å².